The molecule has 0 N–H and O–H groups in total. The van der Waals surface area contributed by atoms with Gasteiger partial charge in [0, 0.05) is 17.1 Å². The van der Waals surface area contributed by atoms with E-state index in [9.17, 15) is 0 Å². The third kappa shape index (κ3) is 3.61. The lowest BCUT2D eigenvalue weighted by atomic mass is 9.79. The van der Waals surface area contributed by atoms with Crippen LogP contribution in [0.1, 0.15) is 58.2 Å². The lowest BCUT2D eigenvalue weighted by molar-refractivity contribution is 0.569. The van der Waals surface area contributed by atoms with Gasteiger partial charge in [0.1, 0.15) is 0 Å². The first-order chi connectivity index (χ1) is 11.6. The fourth-order valence-electron chi connectivity index (χ4n) is 3.14. The normalized spacial score (nSPS) is 12.6. The van der Waals surface area contributed by atoms with E-state index in [4.69, 9.17) is 4.98 Å². The van der Waals surface area contributed by atoms with Crippen LogP contribution in [0.15, 0.2) is 48.7 Å². The highest BCUT2D eigenvalue weighted by Crippen LogP contribution is 2.35. The molecule has 3 rings (SSSR count). The van der Waals surface area contributed by atoms with E-state index >= 15 is 0 Å². The molecule has 0 saturated carbocycles. The maximum atomic E-state index is 4.76. The number of hydrogen-bond donors (Lipinski definition) is 0. The number of nitrogens with zero attached hydrogens (tertiary/aromatic N) is 1. The summed E-state index contributed by atoms with van der Waals surface area (Å²) < 4.78 is 0. The van der Waals surface area contributed by atoms with Crippen LogP contribution >= 0.6 is 0 Å². The highest BCUT2D eigenvalue weighted by Gasteiger charge is 2.21. The molecule has 1 nitrogen and oxygen atoms in total. The molecule has 0 fully saturated rings. The minimum atomic E-state index is 0.108. The maximum absolute atomic E-state index is 4.76. The fourth-order valence-corrected chi connectivity index (χ4v) is 3.14. The van der Waals surface area contributed by atoms with Crippen molar-refractivity contribution in [1.82, 2.24) is 4.98 Å². The molecular formula is C24H29N. The molecule has 1 heterocycles. The number of aryl methyl sites for hydroxylation is 1. The lowest BCUT2D eigenvalue weighted by Gasteiger charge is -2.26. The summed E-state index contributed by atoms with van der Waals surface area (Å²) in [6.45, 7) is 15.8. The van der Waals surface area contributed by atoms with Gasteiger partial charge in [-0.05, 0) is 58.5 Å². The van der Waals surface area contributed by atoms with Gasteiger partial charge in [-0.2, -0.15) is 0 Å². The smallest absolute Gasteiger partial charge is 0.0780 e. The summed E-state index contributed by atoms with van der Waals surface area (Å²) in [5, 5.41) is 2.47. The number of hydrogen-bond acceptors (Lipinski definition) is 1. The molecule has 1 heteroatoms. The summed E-state index contributed by atoms with van der Waals surface area (Å²) in [5.41, 5.74) is 6.51. The number of rotatable bonds is 1. The Balaban J connectivity index is 2.32. The fraction of sp³-hybridized carbons (Fsp3) is 0.375. The van der Waals surface area contributed by atoms with Crippen molar-refractivity contribution in [2.75, 3.05) is 0 Å². The van der Waals surface area contributed by atoms with Gasteiger partial charge in [0.25, 0.3) is 0 Å². The van der Waals surface area contributed by atoms with Gasteiger partial charge in [-0.25, -0.2) is 0 Å². The molecule has 0 saturated heterocycles. The molecular weight excluding hydrogens is 302 g/mol. The van der Waals surface area contributed by atoms with Crippen molar-refractivity contribution in [2.24, 2.45) is 0 Å². The van der Waals surface area contributed by atoms with Gasteiger partial charge in [0.2, 0.25) is 0 Å². The third-order valence-corrected chi connectivity index (χ3v) is 4.86. The summed E-state index contributed by atoms with van der Waals surface area (Å²) >= 11 is 0. The molecule has 0 aliphatic carbocycles. The van der Waals surface area contributed by atoms with E-state index in [2.05, 4.69) is 90.9 Å². The van der Waals surface area contributed by atoms with Gasteiger partial charge >= 0.3 is 0 Å². The zero-order valence-corrected chi connectivity index (χ0v) is 16.6. The van der Waals surface area contributed by atoms with Crippen molar-refractivity contribution in [1.29, 1.82) is 0 Å². The first-order valence-electron chi connectivity index (χ1n) is 9.07. The van der Waals surface area contributed by atoms with Crippen LogP contribution in [0, 0.1) is 6.92 Å². The average Bonchev–Trinajstić information content (AvgIpc) is 2.52. The van der Waals surface area contributed by atoms with Crippen LogP contribution in [-0.2, 0) is 10.8 Å². The van der Waals surface area contributed by atoms with Crippen molar-refractivity contribution in [3.8, 4) is 11.3 Å². The largest absolute Gasteiger partial charge is 0.256 e. The van der Waals surface area contributed by atoms with Gasteiger partial charge in [0.05, 0.1) is 5.69 Å². The molecule has 2 aromatic carbocycles. The van der Waals surface area contributed by atoms with Gasteiger partial charge in [-0.1, -0.05) is 65.3 Å². The molecule has 0 atom stereocenters. The molecule has 25 heavy (non-hydrogen) atoms. The second-order valence-corrected chi connectivity index (χ2v) is 9.18. The topological polar surface area (TPSA) is 12.9 Å². The highest BCUT2D eigenvalue weighted by atomic mass is 14.7. The van der Waals surface area contributed by atoms with Crippen LogP contribution in [0.4, 0.5) is 0 Å². The predicted octanol–water partition coefficient (Wildman–Crippen LogP) is 6.81. The number of aromatic nitrogens is 1. The van der Waals surface area contributed by atoms with E-state index in [0.717, 1.165) is 5.69 Å². The summed E-state index contributed by atoms with van der Waals surface area (Å²) in [7, 11) is 0. The van der Waals surface area contributed by atoms with E-state index in [0.29, 0.717) is 0 Å². The van der Waals surface area contributed by atoms with Gasteiger partial charge in [-0.15, -0.1) is 0 Å². The molecule has 0 unspecified atom stereocenters. The first kappa shape index (κ1) is 17.7. The quantitative estimate of drug-likeness (QED) is 0.477. The van der Waals surface area contributed by atoms with Crippen molar-refractivity contribution in [2.45, 2.75) is 59.3 Å². The van der Waals surface area contributed by atoms with Crippen molar-refractivity contribution >= 4 is 10.8 Å². The first-order valence-corrected chi connectivity index (χ1v) is 9.07. The number of fused-ring (bicyclic) bond motifs is 1. The zero-order chi connectivity index (χ0) is 18.4. The van der Waals surface area contributed by atoms with Crippen LogP contribution in [0.25, 0.3) is 22.0 Å². The molecule has 3 aromatic rings. The monoisotopic (exact) mass is 331 g/mol. The van der Waals surface area contributed by atoms with E-state index < -0.39 is 0 Å². The van der Waals surface area contributed by atoms with E-state index in [1.54, 1.807) is 0 Å². The maximum Gasteiger partial charge on any atom is 0.0780 e. The van der Waals surface area contributed by atoms with Crippen molar-refractivity contribution in [3.63, 3.8) is 0 Å². The minimum absolute atomic E-state index is 0.108. The van der Waals surface area contributed by atoms with Crippen molar-refractivity contribution < 1.29 is 0 Å². The lowest BCUT2D eigenvalue weighted by Crippen LogP contribution is -2.16. The Hall–Kier alpha value is -2.15. The van der Waals surface area contributed by atoms with Crippen LogP contribution in [-0.4, -0.2) is 4.98 Å². The standard InChI is InChI=1S/C24H29N/c1-16-8-9-17-10-11-25-22(21(17)12-16)18-13-19(23(2,3)4)15-20(14-18)24(5,6)7/h8-15H,1-7H3. The molecule has 0 bridgehead atoms. The molecule has 0 amide bonds. The van der Waals surface area contributed by atoms with Crippen molar-refractivity contribution in [3.05, 3.63) is 65.4 Å². The number of benzene rings is 2. The molecule has 0 spiro atoms. The van der Waals surface area contributed by atoms with Gasteiger partial charge in [0.15, 0.2) is 0 Å². The van der Waals surface area contributed by atoms with Crippen LogP contribution < -0.4 is 0 Å². The molecule has 130 valence electrons. The summed E-state index contributed by atoms with van der Waals surface area (Å²) in [4.78, 5) is 4.76. The van der Waals surface area contributed by atoms with E-state index in [1.165, 1.54) is 33.0 Å². The molecule has 0 radical (unpaired) electrons. The zero-order valence-electron chi connectivity index (χ0n) is 16.6. The number of pyridine rings is 1. The van der Waals surface area contributed by atoms with Gasteiger partial charge < -0.3 is 0 Å². The van der Waals surface area contributed by atoms with E-state index in [1.807, 2.05) is 6.20 Å². The second kappa shape index (κ2) is 5.98. The summed E-state index contributed by atoms with van der Waals surface area (Å²) in [6.07, 6.45) is 1.92. The van der Waals surface area contributed by atoms with Crippen LogP contribution in [0.3, 0.4) is 0 Å². The Kier molecular flexibility index (Phi) is 4.23. The molecule has 1 aromatic heterocycles. The SMILES string of the molecule is Cc1ccc2ccnc(-c3cc(C(C)(C)C)cc(C(C)(C)C)c3)c2c1. The third-order valence-electron chi connectivity index (χ3n) is 4.86. The summed E-state index contributed by atoms with van der Waals surface area (Å²) in [6, 6.07) is 15.7. The van der Waals surface area contributed by atoms with Gasteiger partial charge in [-0.3, -0.25) is 4.98 Å². The Morgan fingerprint density at radius 1 is 0.720 bits per heavy atom. The predicted molar refractivity (Wildman–Crippen MR) is 109 cm³/mol. The molecule has 0 aliphatic rings. The average molecular weight is 332 g/mol. The molecule has 0 aliphatic heterocycles. The summed E-state index contributed by atoms with van der Waals surface area (Å²) in [5.74, 6) is 0. The van der Waals surface area contributed by atoms with E-state index in [-0.39, 0.29) is 10.8 Å². The van der Waals surface area contributed by atoms with Crippen LogP contribution in [0.2, 0.25) is 0 Å². The Morgan fingerprint density at radius 2 is 1.32 bits per heavy atom. The second-order valence-electron chi connectivity index (χ2n) is 9.18. The Labute approximate surface area is 152 Å². The van der Waals surface area contributed by atoms with Crippen LogP contribution in [0.5, 0.6) is 0 Å². The minimum Gasteiger partial charge on any atom is -0.256 e. The highest BCUT2D eigenvalue weighted by molar-refractivity contribution is 5.95. The Bertz CT molecular complexity index is 889. The Morgan fingerprint density at radius 3 is 1.88 bits per heavy atom.